The molecule has 2 amide bonds. The zero-order valence-electron chi connectivity index (χ0n) is 19.9. The minimum atomic E-state index is -0.472. The Kier molecular flexibility index (Phi) is 8.53. The highest BCUT2D eigenvalue weighted by Gasteiger charge is 2.16. The van der Waals surface area contributed by atoms with Crippen LogP contribution < -0.4 is 10.6 Å². The SMILES string of the molecule is Cc1ccc(C(=O)NC(=Cc2ccc(-c3ccc([N+](=O)[O-])cc3)o2)C(=O)NCCCN(C)C)cc1. The summed E-state index contributed by atoms with van der Waals surface area (Å²) in [4.78, 5) is 38.1. The fourth-order valence-corrected chi connectivity index (χ4v) is 3.23. The third-order valence-electron chi connectivity index (χ3n) is 5.15. The van der Waals surface area contributed by atoms with E-state index < -0.39 is 16.7 Å². The molecule has 0 aliphatic carbocycles. The number of furan rings is 1. The highest BCUT2D eigenvalue weighted by atomic mass is 16.6. The van der Waals surface area contributed by atoms with Crippen molar-refractivity contribution in [3.05, 3.63) is 93.4 Å². The van der Waals surface area contributed by atoms with Crippen molar-refractivity contribution in [2.75, 3.05) is 27.2 Å². The molecule has 0 saturated heterocycles. The third-order valence-corrected chi connectivity index (χ3v) is 5.15. The first-order valence-corrected chi connectivity index (χ1v) is 11.1. The number of carbonyl (C=O) groups is 2. The molecule has 2 aromatic carbocycles. The van der Waals surface area contributed by atoms with Gasteiger partial charge in [-0.2, -0.15) is 0 Å². The summed E-state index contributed by atoms with van der Waals surface area (Å²) >= 11 is 0. The molecule has 0 unspecified atom stereocenters. The molecule has 0 aliphatic rings. The molecule has 0 fully saturated rings. The van der Waals surface area contributed by atoms with Crippen molar-refractivity contribution in [2.45, 2.75) is 13.3 Å². The minimum absolute atomic E-state index is 0.0209. The van der Waals surface area contributed by atoms with Gasteiger partial charge in [0.25, 0.3) is 17.5 Å². The predicted octanol–water partition coefficient (Wildman–Crippen LogP) is 4.00. The molecule has 1 aromatic heterocycles. The molecule has 9 heteroatoms. The Labute approximate surface area is 203 Å². The number of nitro groups is 1. The average Bonchev–Trinajstić information content (AvgIpc) is 3.30. The molecule has 0 saturated carbocycles. The van der Waals surface area contributed by atoms with Gasteiger partial charge in [-0.25, -0.2) is 0 Å². The van der Waals surface area contributed by atoms with Crippen LogP contribution in [0, 0.1) is 17.0 Å². The summed E-state index contributed by atoms with van der Waals surface area (Å²) in [6.07, 6.45) is 2.21. The molecule has 35 heavy (non-hydrogen) atoms. The number of hydrogen-bond donors (Lipinski definition) is 2. The van der Waals surface area contributed by atoms with E-state index in [0.29, 0.717) is 29.2 Å². The standard InChI is InChI=1S/C26H28N4O5/c1-18-5-7-20(8-6-18)25(31)28-23(26(32)27-15-4-16-29(2)3)17-22-13-14-24(35-22)19-9-11-21(12-10-19)30(33)34/h5-14,17H,4,15-16H2,1-3H3,(H,27,32)(H,28,31). The highest BCUT2D eigenvalue weighted by Crippen LogP contribution is 2.25. The molecule has 182 valence electrons. The Balaban J connectivity index is 1.81. The molecule has 3 rings (SSSR count). The number of hydrogen-bond acceptors (Lipinski definition) is 6. The number of carbonyl (C=O) groups excluding carboxylic acids is 2. The van der Waals surface area contributed by atoms with E-state index >= 15 is 0 Å². The highest BCUT2D eigenvalue weighted by molar-refractivity contribution is 6.05. The number of nitrogens with zero attached hydrogens (tertiary/aromatic N) is 2. The van der Waals surface area contributed by atoms with Gasteiger partial charge in [-0.05, 0) is 70.4 Å². The fourth-order valence-electron chi connectivity index (χ4n) is 3.23. The Morgan fingerprint density at radius 3 is 2.34 bits per heavy atom. The first kappa shape index (κ1) is 25.4. The lowest BCUT2D eigenvalue weighted by molar-refractivity contribution is -0.384. The number of aryl methyl sites for hydroxylation is 1. The van der Waals surface area contributed by atoms with Crippen LogP contribution in [0.2, 0.25) is 0 Å². The second kappa shape index (κ2) is 11.8. The first-order chi connectivity index (χ1) is 16.7. The largest absolute Gasteiger partial charge is 0.457 e. The fraction of sp³-hybridized carbons (Fsp3) is 0.231. The van der Waals surface area contributed by atoms with Gasteiger partial charge in [0.15, 0.2) is 0 Å². The van der Waals surface area contributed by atoms with Crippen LogP contribution in [-0.2, 0) is 4.79 Å². The molecule has 0 aliphatic heterocycles. The Bertz CT molecular complexity index is 1210. The summed E-state index contributed by atoms with van der Waals surface area (Å²) in [6.45, 7) is 3.18. The molecule has 3 aromatic rings. The van der Waals surface area contributed by atoms with E-state index in [1.807, 2.05) is 38.1 Å². The van der Waals surface area contributed by atoms with Crippen molar-refractivity contribution in [1.82, 2.24) is 15.5 Å². The van der Waals surface area contributed by atoms with Crippen LogP contribution in [0.4, 0.5) is 5.69 Å². The van der Waals surface area contributed by atoms with Crippen molar-refractivity contribution in [1.29, 1.82) is 0 Å². The first-order valence-electron chi connectivity index (χ1n) is 11.1. The minimum Gasteiger partial charge on any atom is -0.457 e. The topological polar surface area (TPSA) is 118 Å². The van der Waals surface area contributed by atoms with E-state index in [1.54, 1.807) is 36.4 Å². The van der Waals surface area contributed by atoms with E-state index in [9.17, 15) is 19.7 Å². The smallest absolute Gasteiger partial charge is 0.269 e. The van der Waals surface area contributed by atoms with Crippen LogP contribution in [-0.4, -0.2) is 48.8 Å². The summed E-state index contributed by atoms with van der Waals surface area (Å²) in [5.74, 6) is -0.0258. The van der Waals surface area contributed by atoms with Gasteiger partial charge in [0.1, 0.15) is 17.2 Å². The van der Waals surface area contributed by atoms with Gasteiger partial charge in [0.2, 0.25) is 0 Å². The second-order valence-electron chi connectivity index (χ2n) is 8.30. The van der Waals surface area contributed by atoms with Gasteiger partial charge in [-0.3, -0.25) is 19.7 Å². The zero-order valence-corrected chi connectivity index (χ0v) is 19.9. The van der Waals surface area contributed by atoms with E-state index in [0.717, 1.165) is 18.5 Å². The van der Waals surface area contributed by atoms with E-state index in [-0.39, 0.29) is 11.4 Å². The van der Waals surface area contributed by atoms with Gasteiger partial charge >= 0.3 is 0 Å². The number of rotatable bonds is 10. The molecule has 0 spiro atoms. The van der Waals surface area contributed by atoms with Crippen molar-refractivity contribution >= 4 is 23.6 Å². The maximum Gasteiger partial charge on any atom is 0.269 e. The number of non-ortho nitro benzene ring substituents is 1. The molecular weight excluding hydrogens is 448 g/mol. The van der Waals surface area contributed by atoms with Crippen molar-refractivity contribution in [2.24, 2.45) is 0 Å². The van der Waals surface area contributed by atoms with E-state index in [1.165, 1.54) is 18.2 Å². The van der Waals surface area contributed by atoms with Crippen LogP contribution in [0.5, 0.6) is 0 Å². The summed E-state index contributed by atoms with van der Waals surface area (Å²) in [5, 5.41) is 16.4. The number of nitrogens with one attached hydrogen (secondary N) is 2. The van der Waals surface area contributed by atoms with Gasteiger partial charge in [0, 0.05) is 35.9 Å². The number of benzene rings is 2. The third kappa shape index (κ3) is 7.38. The second-order valence-corrected chi connectivity index (χ2v) is 8.30. The lowest BCUT2D eigenvalue weighted by Gasteiger charge is -2.12. The van der Waals surface area contributed by atoms with Crippen LogP contribution in [0.15, 0.2) is 70.8 Å². The maximum atomic E-state index is 12.9. The summed E-state index contributed by atoms with van der Waals surface area (Å²) in [7, 11) is 3.91. The number of nitro benzene ring substituents is 1. The molecule has 0 atom stereocenters. The molecule has 9 nitrogen and oxygen atoms in total. The van der Waals surface area contributed by atoms with Crippen LogP contribution in [0.3, 0.4) is 0 Å². The lowest BCUT2D eigenvalue weighted by atomic mass is 10.1. The summed E-state index contributed by atoms with van der Waals surface area (Å²) in [5.41, 5.74) is 2.12. The summed E-state index contributed by atoms with van der Waals surface area (Å²) in [6, 6.07) is 16.3. The predicted molar refractivity (Wildman–Crippen MR) is 134 cm³/mol. The quantitative estimate of drug-likeness (QED) is 0.198. The summed E-state index contributed by atoms with van der Waals surface area (Å²) < 4.78 is 5.83. The van der Waals surface area contributed by atoms with Crippen LogP contribution in [0.25, 0.3) is 17.4 Å². The van der Waals surface area contributed by atoms with E-state index in [2.05, 4.69) is 10.6 Å². The average molecular weight is 477 g/mol. The van der Waals surface area contributed by atoms with Crippen molar-refractivity contribution in [3.63, 3.8) is 0 Å². The molecular formula is C26H28N4O5. The van der Waals surface area contributed by atoms with Gasteiger partial charge in [0.05, 0.1) is 4.92 Å². The normalized spacial score (nSPS) is 11.4. The molecule has 0 bridgehead atoms. The van der Waals surface area contributed by atoms with E-state index in [4.69, 9.17) is 4.42 Å². The molecule has 0 radical (unpaired) electrons. The van der Waals surface area contributed by atoms with Crippen molar-refractivity contribution in [3.8, 4) is 11.3 Å². The van der Waals surface area contributed by atoms with Crippen molar-refractivity contribution < 1.29 is 18.9 Å². The van der Waals surface area contributed by atoms with Crippen LogP contribution >= 0.6 is 0 Å². The Morgan fingerprint density at radius 2 is 1.71 bits per heavy atom. The Morgan fingerprint density at radius 1 is 1.03 bits per heavy atom. The maximum absolute atomic E-state index is 12.9. The van der Waals surface area contributed by atoms with Gasteiger partial charge in [-0.15, -0.1) is 0 Å². The van der Waals surface area contributed by atoms with Crippen LogP contribution in [0.1, 0.15) is 28.1 Å². The molecule has 1 heterocycles. The number of amides is 2. The lowest BCUT2D eigenvalue weighted by Crippen LogP contribution is -2.36. The zero-order chi connectivity index (χ0) is 25.4. The van der Waals surface area contributed by atoms with Gasteiger partial charge in [-0.1, -0.05) is 17.7 Å². The van der Waals surface area contributed by atoms with Gasteiger partial charge < -0.3 is 20.0 Å². The Hall–Kier alpha value is -4.24. The monoisotopic (exact) mass is 476 g/mol. The molecule has 2 N–H and O–H groups in total.